The molecule has 19 heavy (non-hydrogen) atoms. The van der Waals surface area contributed by atoms with Crippen molar-refractivity contribution in [2.24, 2.45) is 0 Å². The molecule has 1 aromatic rings. The third kappa shape index (κ3) is 4.88. The molecule has 1 heterocycles. The number of nitrogens with zero attached hydrogens (tertiary/aromatic N) is 3. The molecule has 2 rings (SSSR count). The summed E-state index contributed by atoms with van der Waals surface area (Å²) in [6.45, 7) is 10.6. The summed E-state index contributed by atoms with van der Waals surface area (Å²) in [5.74, 6) is 0.986. The largest absolute Gasteiger partial charge is 0.308 e. The molecule has 1 aliphatic carbocycles. The molecule has 0 spiro atoms. The molecule has 4 heteroatoms. The fourth-order valence-electron chi connectivity index (χ4n) is 2.24. The van der Waals surface area contributed by atoms with E-state index in [0.29, 0.717) is 0 Å². The van der Waals surface area contributed by atoms with Crippen molar-refractivity contribution in [3.63, 3.8) is 0 Å². The maximum Gasteiger partial charge on any atom is 0.130 e. The van der Waals surface area contributed by atoms with Crippen LogP contribution in [0, 0.1) is 6.92 Å². The van der Waals surface area contributed by atoms with Gasteiger partial charge in [0.05, 0.1) is 5.69 Å². The molecule has 0 atom stereocenters. The average Bonchev–Trinajstić information content (AvgIpc) is 3.21. The lowest BCUT2D eigenvalue weighted by Crippen LogP contribution is -2.26. The molecule has 0 bridgehead atoms. The van der Waals surface area contributed by atoms with E-state index in [1.54, 1.807) is 0 Å². The number of hydrogen-bond donors (Lipinski definition) is 1. The molecule has 0 radical (unpaired) electrons. The van der Waals surface area contributed by atoms with Gasteiger partial charge in [-0.25, -0.2) is 9.97 Å². The lowest BCUT2D eigenvalue weighted by Gasteiger charge is -2.17. The second-order valence-electron chi connectivity index (χ2n) is 5.35. The van der Waals surface area contributed by atoms with Gasteiger partial charge in [0, 0.05) is 31.2 Å². The van der Waals surface area contributed by atoms with Crippen LogP contribution in [0.4, 0.5) is 0 Å². The number of rotatable bonds is 8. The first-order chi connectivity index (χ1) is 9.21. The lowest BCUT2D eigenvalue weighted by molar-refractivity contribution is 0.305. The van der Waals surface area contributed by atoms with Crippen LogP contribution in [-0.4, -0.2) is 40.5 Å². The second-order valence-corrected chi connectivity index (χ2v) is 5.35. The monoisotopic (exact) mass is 262 g/mol. The van der Waals surface area contributed by atoms with Crippen LogP contribution in [0.25, 0.3) is 0 Å². The van der Waals surface area contributed by atoms with Crippen LogP contribution in [0.1, 0.15) is 43.9 Å². The minimum atomic E-state index is 0.731. The van der Waals surface area contributed by atoms with Gasteiger partial charge in [-0.15, -0.1) is 0 Å². The summed E-state index contributed by atoms with van der Waals surface area (Å²) in [5, 5.41) is 3.51. The Kier molecular flexibility index (Phi) is 5.28. The molecule has 0 saturated heterocycles. The zero-order valence-electron chi connectivity index (χ0n) is 12.4. The summed E-state index contributed by atoms with van der Waals surface area (Å²) < 4.78 is 0. The van der Waals surface area contributed by atoms with Crippen LogP contribution in [0.3, 0.4) is 0 Å². The van der Waals surface area contributed by atoms with Crippen molar-refractivity contribution in [2.45, 2.75) is 52.6 Å². The highest BCUT2D eigenvalue weighted by Gasteiger charge is 2.20. The van der Waals surface area contributed by atoms with E-state index in [9.17, 15) is 0 Å². The molecule has 0 aliphatic heterocycles. The van der Waals surface area contributed by atoms with Crippen molar-refractivity contribution in [1.29, 1.82) is 0 Å². The van der Waals surface area contributed by atoms with Crippen molar-refractivity contribution in [2.75, 3.05) is 19.6 Å². The molecule has 106 valence electrons. The van der Waals surface area contributed by atoms with Gasteiger partial charge in [-0.05, 0) is 38.9 Å². The van der Waals surface area contributed by atoms with Crippen molar-refractivity contribution in [1.82, 2.24) is 20.2 Å². The minimum absolute atomic E-state index is 0.731. The van der Waals surface area contributed by atoms with E-state index in [1.807, 2.05) is 0 Å². The molecular formula is C15H26N4. The summed E-state index contributed by atoms with van der Waals surface area (Å²) in [6.07, 6.45) is 3.58. The second kappa shape index (κ2) is 6.96. The van der Waals surface area contributed by atoms with Gasteiger partial charge in [0.25, 0.3) is 0 Å². The predicted molar refractivity (Wildman–Crippen MR) is 78.1 cm³/mol. The molecule has 1 aromatic heterocycles. The average molecular weight is 262 g/mol. The van der Waals surface area contributed by atoms with E-state index >= 15 is 0 Å². The fraction of sp³-hybridized carbons (Fsp3) is 0.733. The first-order valence-electron chi connectivity index (χ1n) is 7.50. The van der Waals surface area contributed by atoms with Crippen molar-refractivity contribution >= 4 is 0 Å². The molecule has 1 fully saturated rings. The Morgan fingerprint density at radius 3 is 2.63 bits per heavy atom. The quantitative estimate of drug-likeness (QED) is 0.777. The van der Waals surface area contributed by atoms with Crippen LogP contribution in [0.2, 0.25) is 0 Å². The van der Waals surface area contributed by atoms with Crippen LogP contribution < -0.4 is 5.32 Å². The highest BCUT2D eigenvalue weighted by molar-refractivity contribution is 5.10. The van der Waals surface area contributed by atoms with Crippen LogP contribution in [-0.2, 0) is 13.0 Å². The van der Waals surface area contributed by atoms with Gasteiger partial charge >= 0.3 is 0 Å². The summed E-state index contributed by atoms with van der Waals surface area (Å²) in [5.41, 5.74) is 2.21. The van der Waals surface area contributed by atoms with E-state index in [0.717, 1.165) is 55.9 Å². The molecule has 1 N–H and O–H groups in total. The van der Waals surface area contributed by atoms with Gasteiger partial charge in [-0.1, -0.05) is 13.8 Å². The third-order valence-corrected chi connectivity index (χ3v) is 3.65. The zero-order valence-corrected chi connectivity index (χ0v) is 12.4. The van der Waals surface area contributed by atoms with E-state index < -0.39 is 0 Å². The molecule has 0 unspecified atom stereocenters. The Hall–Kier alpha value is -1.00. The van der Waals surface area contributed by atoms with Gasteiger partial charge in [-0.2, -0.15) is 0 Å². The Labute approximate surface area is 116 Å². The number of nitrogens with one attached hydrogen (secondary N) is 1. The summed E-state index contributed by atoms with van der Waals surface area (Å²) >= 11 is 0. The van der Waals surface area contributed by atoms with Crippen molar-refractivity contribution in [3.05, 3.63) is 23.3 Å². The Morgan fingerprint density at radius 1 is 1.26 bits per heavy atom. The molecule has 1 aliphatic rings. The Bertz CT molecular complexity index is 397. The van der Waals surface area contributed by atoms with Crippen LogP contribution in [0.5, 0.6) is 0 Å². The summed E-state index contributed by atoms with van der Waals surface area (Å²) in [6, 6.07) is 2.82. The Morgan fingerprint density at radius 2 is 2.00 bits per heavy atom. The van der Waals surface area contributed by atoms with Crippen LogP contribution in [0.15, 0.2) is 6.07 Å². The Balaban J connectivity index is 1.90. The fourth-order valence-corrected chi connectivity index (χ4v) is 2.24. The zero-order chi connectivity index (χ0) is 13.7. The van der Waals surface area contributed by atoms with E-state index in [4.69, 9.17) is 0 Å². The first-order valence-corrected chi connectivity index (χ1v) is 7.50. The van der Waals surface area contributed by atoms with Crippen molar-refractivity contribution in [3.8, 4) is 0 Å². The van der Waals surface area contributed by atoms with E-state index in [2.05, 4.69) is 47.0 Å². The number of aryl methyl sites for hydroxylation is 1. The predicted octanol–water partition coefficient (Wildman–Crippen LogP) is 1.92. The van der Waals surface area contributed by atoms with Gasteiger partial charge in [0.1, 0.15) is 5.82 Å². The maximum atomic E-state index is 4.67. The molecule has 0 aromatic carbocycles. The first kappa shape index (κ1) is 14.4. The number of aromatic nitrogens is 2. The minimum Gasteiger partial charge on any atom is -0.308 e. The van der Waals surface area contributed by atoms with Crippen LogP contribution >= 0.6 is 0 Å². The lowest BCUT2D eigenvalue weighted by atomic mass is 10.3. The normalized spacial score (nSPS) is 15.2. The number of likely N-dealkylation sites (N-methyl/N-ethyl adjacent to an activating group) is 1. The number of hydrogen-bond acceptors (Lipinski definition) is 4. The van der Waals surface area contributed by atoms with Gasteiger partial charge in [0.15, 0.2) is 0 Å². The maximum absolute atomic E-state index is 4.67. The van der Waals surface area contributed by atoms with Gasteiger partial charge in [-0.3, -0.25) is 0 Å². The topological polar surface area (TPSA) is 41.1 Å². The highest BCUT2D eigenvalue weighted by Crippen LogP contribution is 2.19. The van der Waals surface area contributed by atoms with Crippen molar-refractivity contribution < 1.29 is 0 Å². The summed E-state index contributed by atoms with van der Waals surface area (Å²) in [7, 11) is 0. The molecule has 4 nitrogen and oxygen atoms in total. The molecular weight excluding hydrogens is 236 g/mol. The molecule has 1 saturated carbocycles. The van der Waals surface area contributed by atoms with Gasteiger partial charge in [0.2, 0.25) is 0 Å². The van der Waals surface area contributed by atoms with E-state index in [-0.39, 0.29) is 0 Å². The molecule has 0 amide bonds. The SMILES string of the molecule is CCN(CC)CCc1nc(C)cc(CNC2CC2)n1. The van der Waals surface area contributed by atoms with E-state index in [1.165, 1.54) is 12.8 Å². The standard InChI is InChI=1S/C15H26N4/c1-4-19(5-2)9-8-15-17-12(3)10-14(18-15)11-16-13-6-7-13/h10,13,16H,4-9,11H2,1-3H3. The smallest absolute Gasteiger partial charge is 0.130 e. The third-order valence-electron chi connectivity index (χ3n) is 3.65. The summed E-state index contributed by atoms with van der Waals surface area (Å²) in [4.78, 5) is 11.6. The van der Waals surface area contributed by atoms with Gasteiger partial charge < -0.3 is 10.2 Å². The highest BCUT2D eigenvalue weighted by atomic mass is 15.1.